The Kier molecular flexibility index (Phi) is 7.42. The highest BCUT2D eigenvalue weighted by Crippen LogP contribution is 2.30. The summed E-state index contributed by atoms with van der Waals surface area (Å²) in [7, 11) is 0. The number of nitrogens with one attached hydrogen (secondary N) is 1. The van der Waals surface area contributed by atoms with Crippen LogP contribution >= 0.6 is 0 Å². The summed E-state index contributed by atoms with van der Waals surface area (Å²) in [6, 6.07) is 14.2. The lowest BCUT2D eigenvalue weighted by atomic mass is 10.2. The lowest BCUT2D eigenvalue weighted by Crippen LogP contribution is -2.08. The predicted molar refractivity (Wildman–Crippen MR) is 98.2 cm³/mol. The van der Waals surface area contributed by atoms with Crippen molar-refractivity contribution in [3.8, 4) is 5.75 Å². The molecule has 7 nitrogen and oxygen atoms in total. The molecule has 7 heteroatoms. The number of ether oxygens (including phenoxy) is 2. The van der Waals surface area contributed by atoms with Gasteiger partial charge >= 0.3 is 5.97 Å². The summed E-state index contributed by atoms with van der Waals surface area (Å²) >= 11 is 0. The van der Waals surface area contributed by atoms with Gasteiger partial charge in [-0.3, -0.25) is 14.9 Å². The summed E-state index contributed by atoms with van der Waals surface area (Å²) < 4.78 is 10.5. The second-order valence-electron chi connectivity index (χ2n) is 5.53. The Hall–Kier alpha value is -3.09. The molecule has 0 aromatic heterocycles. The van der Waals surface area contributed by atoms with Crippen molar-refractivity contribution < 1.29 is 19.2 Å². The fourth-order valence-electron chi connectivity index (χ4n) is 2.31. The lowest BCUT2D eigenvalue weighted by Gasteiger charge is -2.13. The van der Waals surface area contributed by atoms with Crippen LogP contribution in [0.3, 0.4) is 0 Å². The van der Waals surface area contributed by atoms with Crippen molar-refractivity contribution in [2.45, 2.75) is 26.3 Å². The Morgan fingerprint density at radius 1 is 1.19 bits per heavy atom. The van der Waals surface area contributed by atoms with E-state index in [0.29, 0.717) is 31.0 Å². The van der Waals surface area contributed by atoms with E-state index in [9.17, 15) is 14.9 Å². The van der Waals surface area contributed by atoms with Gasteiger partial charge in [-0.05, 0) is 25.0 Å². The highest BCUT2D eigenvalue weighted by atomic mass is 16.6. The Balaban J connectivity index is 1.99. The molecule has 0 radical (unpaired) electrons. The van der Waals surface area contributed by atoms with Crippen LogP contribution in [0, 0.1) is 10.1 Å². The van der Waals surface area contributed by atoms with E-state index in [2.05, 4.69) is 5.32 Å². The molecule has 0 unspecified atom stereocenters. The van der Waals surface area contributed by atoms with E-state index in [1.54, 1.807) is 13.0 Å². The first-order chi connectivity index (χ1) is 12.6. The summed E-state index contributed by atoms with van der Waals surface area (Å²) in [5.41, 5.74) is 1.70. The van der Waals surface area contributed by atoms with Gasteiger partial charge < -0.3 is 14.8 Å². The van der Waals surface area contributed by atoms with Gasteiger partial charge in [0.15, 0.2) is 0 Å². The summed E-state index contributed by atoms with van der Waals surface area (Å²) in [6.45, 7) is 2.93. The molecular weight excluding hydrogens is 336 g/mol. The van der Waals surface area contributed by atoms with Crippen molar-refractivity contribution in [2.24, 2.45) is 0 Å². The second-order valence-corrected chi connectivity index (χ2v) is 5.53. The molecule has 0 fully saturated rings. The molecule has 0 saturated heterocycles. The van der Waals surface area contributed by atoms with Crippen LogP contribution in [-0.4, -0.2) is 24.1 Å². The van der Waals surface area contributed by atoms with Gasteiger partial charge in [0.25, 0.3) is 5.69 Å². The van der Waals surface area contributed by atoms with Crippen LogP contribution in [0.2, 0.25) is 0 Å². The molecule has 2 rings (SSSR count). The van der Waals surface area contributed by atoms with Gasteiger partial charge in [0, 0.05) is 19.0 Å². The number of esters is 1. The monoisotopic (exact) mass is 358 g/mol. The van der Waals surface area contributed by atoms with Crippen molar-refractivity contribution in [1.29, 1.82) is 0 Å². The molecule has 0 saturated carbocycles. The maximum Gasteiger partial charge on any atom is 0.305 e. The molecule has 138 valence electrons. The standard InChI is InChI=1S/C19H22N2O5/c1-2-25-19(22)9-6-12-26-18-13-16(21(23)24)10-11-17(18)20-14-15-7-4-3-5-8-15/h3-5,7-8,10-11,13,20H,2,6,9,12,14H2,1H3. The van der Waals surface area contributed by atoms with E-state index in [4.69, 9.17) is 9.47 Å². The Bertz CT molecular complexity index is 734. The topological polar surface area (TPSA) is 90.7 Å². The average Bonchev–Trinajstić information content (AvgIpc) is 2.65. The molecule has 0 aliphatic heterocycles. The molecule has 0 heterocycles. The highest BCUT2D eigenvalue weighted by molar-refractivity contribution is 5.69. The Morgan fingerprint density at radius 3 is 2.65 bits per heavy atom. The first-order valence-corrected chi connectivity index (χ1v) is 8.44. The van der Waals surface area contributed by atoms with Gasteiger partial charge in [0.2, 0.25) is 0 Å². The van der Waals surface area contributed by atoms with Crippen molar-refractivity contribution in [3.63, 3.8) is 0 Å². The Labute approximate surface area is 152 Å². The quantitative estimate of drug-likeness (QED) is 0.299. The first kappa shape index (κ1) is 19.2. The summed E-state index contributed by atoms with van der Waals surface area (Å²) in [4.78, 5) is 21.9. The number of non-ortho nitro benzene ring substituents is 1. The molecule has 0 amide bonds. The Morgan fingerprint density at radius 2 is 1.96 bits per heavy atom. The minimum atomic E-state index is -0.466. The molecule has 0 spiro atoms. The van der Waals surface area contributed by atoms with Gasteiger partial charge in [0.1, 0.15) is 5.75 Å². The number of carbonyl (C=O) groups excluding carboxylic acids is 1. The molecule has 0 bridgehead atoms. The number of rotatable bonds is 10. The van der Waals surface area contributed by atoms with Crippen LogP contribution < -0.4 is 10.1 Å². The number of hydrogen-bond acceptors (Lipinski definition) is 6. The van der Waals surface area contributed by atoms with Crippen LogP contribution in [0.15, 0.2) is 48.5 Å². The normalized spacial score (nSPS) is 10.2. The molecule has 0 aliphatic rings. The SMILES string of the molecule is CCOC(=O)CCCOc1cc([N+](=O)[O-])ccc1NCc1ccccc1. The molecule has 1 N–H and O–H groups in total. The average molecular weight is 358 g/mol. The largest absolute Gasteiger partial charge is 0.491 e. The molecule has 0 aliphatic carbocycles. The maximum absolute atomic E-state index is 11.3. The predicted octanol–water partition coefficient (Wildman–Crippen LogP) is 3.93. The van der Waals surface area contributed by atoms with Crippen LogP contribution in [0.1, 0.15) is 25.3 Å². The van der Waals surface area contributed by atoms with Crippen LogP contribution in [0.5, 0.6) is 5.75 Å². The molecular formula is C19H22N2O5. The smallest absolute Gasteiger partial charge is 0.305 e. The van der Waals surface area contributed by atoms with E-state index in [1.165, 1.54) is 12.1 Å². The van der Waals surface area contributed by atoms with Gasteiger partial charge in [-0.2, -0.15) is 0 Å². The third kappa shape index (κ3) is 6.08. The third-order valence-electron chi connectivity index (χ3n) is 3.59. The molecule has 2 aromatic carbocycles. The minimum absolute atomic E-state index is 0.0457. The summed E-state index contributed by atoms with van der Waals surface area (Å²) in [5.74, 6) is 0.108. The molecule has 2 aromatic rings. The minimum Gasteiger partial charge on any atom is -0.491 e. The number of nitro benzene ring substituents is 1. The van der Waals surface area contributed by atoms with E-state index in [-0.39, 0.29) is 24.7 Å². The number of carbonyl (C=O) groups is 1. The van der Waals surface area contributed by atoms with Gasteiger partial charge in [-0.1, -0.05) is 30.3 Å². The molecule has 0 atom stereocenters. The van der Waals surface area contributed by atoms with E-state index in [0.717, 1.165) is 5.56 Å². The molecule has 26 heavy (non-hydrogen) atoms. The first-order valence-electron chi connectivity index (χ1n) is 8.44. The lowest BCUT2D eigenvalue weighted by molar-refractivity contribution is -0.384. The number of benzene rings is 2. The fraction of sp³-hybridized carbons (Fsp3) is 0.316. The van der Waals surface area contributed by atoms with Crippen molar-refractivity contribution in [1.82, 2.24) is 0 Å². The van der Waals surface area contributed by atoms with Crippen LogP contribution in [-0.2, 0) is 16.1 Å². The van der Waals surface area contributed by atoms with Gasteiger partial charge in [-0.25, -0.2) is 0 Å². The second kappa shape index (κ2) is 10.0. The summed E-state index contributed by atoms with van der Waals surface area (Å²) in [5, 5.41) is 14.2. The van der Waals surface area contributed by atoms with Crippen molar-refractivity contribution >= 4 is 17.3 Å². The number of nitro groups is 1. The maximum atomic E-state index is 11.3. The zero-order chi connectivity index (χ0) is 18.8. The number of nitrogens with zero attached hydrogens (tertiary/aromatic N) is 1. The van der Waals surface area contributed by atoms with Crippen LogP contribution in [0.4, 0.5) is 11.4 Å². The highest BCUT2D eigenvalue weighted by Gasteiger charge is 2.12. The van der Waals surface area contributed by atoms with E-state index >= 15 is 0 Å². The number of anilines is 1. The zero-order valence-electron chi connectivity index (χ0n) is 14.6. The fourth-order valence-corrected chi connectivity index (χ4v) is 2.31. The van der Waals surface area contributed by atoms with Crippen LogP contribution in [0.25, 0.3) is 0 Å². The number of hydrogen-bond donors (Lipinski definition) is 1. The third-order valence-corrected chi connectivity index (χ3v) is 3.59. The van der Waals surface area contributed by atoms with Gasteiger partial charge in [0.05, 0.1) is 29.9 Å². The van der Waals surface area contributed by atoms with E-state index in [1.807, 2.05) is 30.3 Å². The van der Waals surface area contributed by atoms with Crippen molar-refractivity contribution in [3.05, 3.63) is 64.2 Å². The van der Waals surface area contributed by atoms with E-state index < -0.39 is 4.92 Å². The summed E-state index contributed by atoms with van der Waals surface area (Å²) in [6.07, 6.45) is 0.717. The zero-order valence-corrected chi connectivity index (χ0v) is 14.6. The van der Waals surface area contributed by atoms with Gasteiger partial charge in [-0.15, -0.1) is 0 Å². The van der Waals surface area contributed by atoms with Crippen molar-refractivity contribution in [2.75, 3.05) is 18.5 Å².